The van der Waals surface area contributed by atoms with Crippen molar-refractivity contribution in [2.24, 2.45) is 0 Å². The highest BCUT2D eigenvalue weighted by molar-refractivity contribution is 7.18. The first kappa shape index (κ1) is 13.2. The minimum atomic E-state index is -0.0184. The molecule has 0 radical (unpaired) electrons. The van der Waals surface area contributed by atoms with Gasteiger partial charge in [0.05, 0.1) is 5.41 Å². The van der Waals surface area contributed by atoms with Crippen LogP contribution in [0.1, 0.15) is 36.0 Å². The van der Waals surface area contributed by atoms with Crippen LogP contribution in [0.5, 0.6) is 0 Å². The van der Waals surface area contributed by atoms with Crippen molar-refractivity contribution in [1.29, 1.82) is 0 Å². The summed E-state index contributed by atoms with van der Waals surface area (Å²) in [6.07, 6.45) is 3.21. The summed E-state index contributed by atoms with van der Waals surface area (Å²) in [5.74, 6) is 0.885. The summed E-state index contributed by atoms with van der Waals surface area (Å²) in [4.78, 5) is 11.8. The molecule has 1 fully saturated rings. The Labute approximate surface area is 132 Å². The Bertz CT molecular complexity index is 806. The van der Waals surface area contributed by atoms with Gasteiger partial charge in [-0.05, 0) is 30.9 Å². The summed E-state index contributed by atoms with van der Waals surface area (Å²) in [6.45, 7) is 2.15. The van der Waals surface area contributed by atoms with E-state index < -0.39 is 0 Å². The summed E-state index contributed by atoms with van der Waals surface area (Å²) >= 11 is 8.14. The second-order valence-electron chi connectivity index (χ2n) is 5.57. The molecule has 1 aromatic carbocycles. The van der Waals surface area contributed by atoms with Gasteiger partial charge in [0.1, 0.15) is 15.8 Å². The van der Waals surface area contributed by atoms with E-state index in [-0.39, 0.29) is 5.41 Å². The fourth-order valence-corrected chi connectivity index (χ4v) is 4.10. The molecule has 1 aliphatic rings. The van der Waals surface area contributed by atoms with E-state index in [0.717, 1.165) is 35.3 Å². The maximum atomic E-state index is 6.41. The van der Waals surface area contributed by atoms with Gasteiger partial charge in [0, 0.05) is 10.3 Å². The first-order valence-corrected chi connectivity index (χ1v) is 8.44. The highest BCUT2D eigenvalue weighted by Gasteiger charge is 2.48. The third-order valence-corrected chi connectivity index (χ3v) is 5.71. The molecule has 0 N–H and O–H groups in total. The molecule has 0 bridgehead atoms. The van der Waals surface area contributed by atoms with Crippen LogP contribution in [0.25, 0.3) is 10.2 Å². The average molecular weight is 315 g/mol. The van der Waals surface area contributed by atoms with Crippen LogP contribution in [-0.2, 0) is 11.8 Å². The third kappa shape index (κ3) is 2.07. The van der Waals surface area contributed by atoms with E-state index in [1.54, 1.807) is 11.3 Å². The number of rotatable bonds is 3. The van der Waals surface area contributed by atoms with Gasteiger partial charge in [-0.25, -0.2) is 9.97 Å². The molecule has 2 heterocycles. The number of benzene rings is 1. The van der Waals surface area contributed by atoms with E-state index in [1.165, 1.54) is 10.4 Å². The second-order valence-corrected chi connectivity index (χ2v) is 7.04. The number of aryl methyl sites for hydroxylation is 1. The van der Waals surface area contributed by atoms with Crippen molar-refractivity contribution in [3.8, 4) is 0 Å². The second kappa shape index (κ2) is 4.79. The van der Waals surface area contributed by atoms with Crippen LogP contribution in [0.15, 0.2) is 36.4 Å². The summed E-state index contributed by atoms with van der Waals surface area (Å²) in [5, 5.41) is 1.58. The monoisotopic (exact) mass is 314 g/mol. The fourth-order valence-electron chi connectivity index (χ4n) is 2.85. The summed E-state index contributed by atoms with van der Waals surface area (Å²) in [6, 6.07) is 12.7. The van der Waals surface area contributed by atoms with Gasteiger partial charge in [0.25, 0.3) is 0 Å². The Morgan fingerprint density at radius 2 is 1.95 bits per heavy atom. The maximum absolute atomic E-state index is 6.41. The van der Waals surface area contributed by atoms with Gasteiger partial charge < -0.3 is 0 Å². The van der Waals surface area contributed by atoms with Crippen LogP contribution >= 0.6 is 22.9 Å². The predicted octanol–water partition coefficient (Wildman–Crippen LogP) is 4.99. The molecule has 106 valence electrons. The van der Waals surface area contributed by atoms with Crippen LogP contribution in [0, 0.1) is 0 Å². The fraction of sp³-hybridized carbons (Fsp3) is 0.294. The maximum Gasteiger partial charge on any atom is 0.142 e. The van der Waals surface area contributed by atoms with Gasteiger partial charge in [0.2, 0.25) is 0 Å². The number of hydrogen-bond acceptors (Lipinski definition) is 3. The van der Waals surface area contributed by atoms with E-state index in [4.69, 9.17) is 16.6 Å². The van der Waals surface area contributed by atoms with E-state index in [1.807, 2.05) is 6.07 Å². The van der Waals surface area contributed by atoms with Crippen LogP contribution in [-0.4, -0.2) is 9.97 Å². The molecule has 3 aromatic rings. The normalized spacial score (nSPS) is 16.3. The van der Waals surface area contributed by atoms with Crippen LogP contribution in [0.4, 0.5) is 0 Å². The third-order valence-electron chi connectivity index (χ3n) is 4.25. The number of aromatic nitrogens is 2. The molecular weight excluding hydrogens is 300 g/mol. The van der Waals surface area contributed by atoms with Crippen molar-refractivity contribution < 1.29 is 0 Å². The summed E-state index contributed by atoms with van der Waals surface area (Å²) in [5.41, 5.74) is 1.28. The Balaban J connectivity index is 1.87. The zero-order chi connectivity index (χ0) is 14.4. The minimum absolute atomic E-state index is 0.0184. The molecule has 0 saturated heterocycles. The molecule has 2 aromatic heterocycles. The van der Waals surface area contributed by atoms with Gasteiger partial charge >= 0.3 is 0 Å². The SMILES string of the molecule is CCc1cc2c(Cl)nc(C3(c4ccccc4)CC3)nc2s1. The lowest BCUT2D eigenvalue weighted by atomic mass is 9.95. The minimum Gasteiger partial charge on any atom is -0.221 e. The first-order valence-electron chi connectivity index (χ1n) is 7.25. The van der Waals surface area contributed by atoms with Crippen LogP contribution in [0.2, 0.25) is 5.15 Å². The number of fused-ring (bicyclic) bond motifs is 1. The van der Waals surface area contributed by atoms with Crippen molar-refractivity contribution in [2.75, 3.05) is 0 Å². The quantitative estimate of drug-likeness (QED) is 0.637. The average Bonchev–Trinajstić information content (AvgIpc) is 3.22. The number of nitrogens with zero attached hydrogens (tertiary/aromatic N) is 2. The van der Waals surface area contributed by atoms with Crippen molar-refractivity contribution in [2.45, 2.75) is 31.6 Å². The lowest BCUT2D eigenvalue weighted by Gasteiger charge is -2.14. The van der Waals surface area contributed by atoms with Crippen molar-refractivity contribution >= 4 is 33.2 Å². The standard InChI is InChI=1S/C17H15ClN2S/c1-2-12-10-13-14(18)19-16(20-15(13)21-12)17(8-9-17)11-6-4-3-5-7-11/h3-7,10H,2,8-9H2,1H3. The number of thiophene rings is 1. The molecule has 4 rings (SSSR count). The molecular formula is C17H15ClN2S. The molecule has 0 spiro atoms. The van der Waals surface area contributed by atoms with Gasteiger partial charge in [-0.1, -0.05) is 48.9 Å². The van der Waals surface area contributed by atoms with Crippen LogP contribution in [0.3, 0.4) is 0 Å². The molecule has 0 atom stereocenters. The topological polar surface area (TPSA) is 25.8 Å². The molecule has 0 unspecified atom stereocenters. The molecule has 0 aliphatic heterocycles. The van der Waals surface area contributed by atoms with Gasteiger partial charge in [0.15, 0.2) is 0 Å². The lowest BCUT2D eigenvalue weighted by molar-refractivity contribution is 0.764. The van der Waals surface area contributed by atoms with E-state index >= 15 is 0 Å². The van der Waals surface area contributed by atoms with E-state index in [2.05, 4.69) is 42.2 Å². The zero-order valence-corrected chi connectivity index (χ0v) is 13.3. The largest absolute Gasteiger partial charge is 0.221 e. The molecule has 0 amide bonds. The molecule has 4 heteroatoms. The summed E-state index contributed by atoms with van der Waals surface area (Å²) in [7, 11) is 0. The highest BCUT2D eigenvalue weighted by atomic mass is 35.5. The Hall–Kier alpha value is -1.45. The van der Waals surface area contributed by atoms with E-state index in [0.29, 0.717) is 5.15 Å². The Kier molecular flexibility index (Phi) is 3.02. The molecule has 1 saturated carbocycles. The van der Waals surface area contributed by atoms with Gasteiger partial charge in [-0.3, -0.25) is 0 Å². The van der Waals surface area contributed by atoms with E-state index in [9.17, 15) is 0 Å². The Morgan fingerprint density at radius 1 is 1.19 bits per heavy atom. The Morgan fingerprint density at radius 3 is 2.62 bits per heavy atom. The number of halogens is 1. The zero-order valence-electron chi connectivity index (χ0n) is 11.8. The first-order chi connectivity index (χ1) is 10.2. The smallest absolute Gasteiger partial charge is 0.142 e. The number of hydrogen-bond donors (Lipinski definition) is 0. The predicted molar refractivity (Wildman–Crippen MR) is 88.3 cm³/mol. The van der Waals surface area contributed by atoms with Crippen molar-refractivity contribution in [3.63, 3.8) is 0 Å². The summed E-state index contributed by atoms with van der Waals surface area (Å²) < 4.78 is 0. The van der Waals surface area contributed by atoms with Gasteiger partial charge in [-0.2, -0.15) is 0 Å². The van der Waals surface area contributed by atoms with Crippen LogP contribution < -0.4 is 0 Å². The molecule has 2 nitrogen and oxygen atoms in total. The lowest BCUT2D eigenvalue weighted by Crippen LogP contribution is -2.13. The molecule has 1 aliphatic carbocycles. The van der Waals surface area contributed by atoms with Crippen molar-refractivity contribution in [3.05, 3.63) is 57.8 Å². The van der Waals surface area contributed by atoms with Gasteiger partial charge in [-0.15, -0.1) is 11.3 Å². The van der Waals surface area contributed by atoms with Crippen molar-refractivity contribution in [1.82, 2.24) is 9.97 Å². The molecule has 21 heavy (non-hydrogen) atoms. The highest BCUT2D eigenvalue weighted by Crippen LogP contribution is 2.52.